The molecule has 0 aliphatic carbocycles. The molecule has 2 heteroatoms. The van der Waals surface area contributed by atoms with Gasteiger partial charge in [0.15, 0.2) is 0 Å². The first kappa shape index (κ1) is 9.01. The molecule has 0 spiro atoms. The Morgan fingerprint density at radius 3 is 2.73 bits per heavy atom. The van der Waals surface area contributed by atoms with Crippen molar-refractivity contribution < 1.29 is 4.74 Å². The molecule has 1 atom stereocenters. The van der Waals surface area contributed by atoms with Gasteiger partial charge in [0, 0.05) is 19.7 Å². The summed E-state index contributed by atoms with van der Waals surface area (Å²) >= 11 is 0. The molecule has 1 aliphatic heterocycles. The second-order valence-corrected chi connectivity index (χ2v) is 3.59. The lowest BCUT2D eigenvalue weighted by Gasteiger charge is -2.34. The van der Waals surface area contributed by atoms with Gasteiger partial charge in [0.2, 0.25) is 0 Å². The molecule has 1 fully saturated rings. The summed E-state index contributed by atoms with van der Waals surface area (Å²) in [4.78, 5) is 2.48. The van der Waals surface area contributed by atoms with Gasteiger partial charge in [-0.1, -0.05) is 0 Å². The van der Waals surface area contributed by atoms with Crippen LogP contribution >= 0.6 is 0 Å². The Morgan fingerprint density at radius 1 is 1.45 bits per heavy atom. The molecule has 0 saturated carbocycles. The molecule has 1 saturated heterocycles. The van der Waals surface area contributed by atoms with Crippen molar-refractivity contribution in [2.24, 2.45) is 0 Å². The lowest BCUT2D eigenvalue weighted by molar-refractivity contribution is 0.0203. The van der Waals surface area contributed by atoms with Gasteiger partial charge >= 0.3 is 0 Å². The zero-order valence-electron chi connectivity index (χ0n) is 7.84. The molecule has 0 radical (unpaired) electrons. The summed E-state index contributed by atoms with van der Waals surface area (Å²) in [5, 5.41) is 0. The van der Waals surface area contributed by atoms with Gasteiger partial charge in [-0.2, -0.15) is 0 Å². The van der Waals surface area contributed by atoms with Crippen molar-refractivity contribution in [3.63, 3.8) is 0 Å². The summed E-state index contributed by atoms with van der Waals surface area (Å²) < 4.78 is 5.33. The number of hydrogen-bond acceptors (Lipinski definition) is 2. The highest BCUT2D eigenvalue weighted by molar-refractivity contribution is 4.74. The van der Waals surface area contributed by atoms with Gasteiger partial charge in [-0.05, 0) is 33.2 Å². The van der Waals surface area contributed by atoms with Crippen LogP contribution in [0.5, 0.6) is 0 Å². The number of piperidine rings is 1. The van der Waals surface area contributed by atoms with Crippen LogP contribution in [-0.4, -0.2) is 37.2 Å². The largest absolute Gasteiger partial charge is 0.380 e. The molecule has 1 unspecified atom stereocenters. The molecule has 0 bridgehead atoms. The zero-order chi connectivity index (χ0) is 8.27. The molecule has 1 heterocycles. The standard InChI is InChI=1S/C9H19NO/c1-8(2)10-6-4-5-9(7-10)11-3/h8-9H,4-7H2,1-3H3. The van der Waals surface area contributed by atoms with Crippen molar-refractivity contribution in [2.45, 2.75) is 38.8 Å². The molecule has 66 valence electrons. The Bertz CT molecular complexity index is 114. The van der Waals surface area contributed by atoms with E-state index in [9.17, 15) is 0 Å². The average molecular weight is 157 g/mol. The monoisotopic (exact) mass is 157 g/mol. The first-order valence-corrected chi connectivity index (χ1v) is 4.51. The van der Waals surface area contributed by atoms with Gasteiger partial charge in [0.1, 0.15) is 0 Å². The number of nitrogens with zero attached hydrogens (tertiary/aromatic N) is 1. The summed E-state index contributed by atoms with van der Waals surface area (Å²) in [7, 11) is 1.81. The minimum Gasteiger partial charge on any atom is -0.380 e. The Kier molecular flexibility index (Phi) is 3.34. The normalized spacial score (nSPS) is 27.8. The third kappa shape index (κ3) is 2.46. The van der Waals surface area contributed by atoms with Crippen LogP contribution in [0.3, 0.4) is 0 Å². The number of ether oxygens (including phenoxy) is 1. The van der Waals surface area contributed by atoms with Crippen LogP contribution in [0.25, 0.3) is 0 Å². The predicted molar refractivity (Wildman–Crippen MR) is 46.7 cm³/mol. The van der Waals surface area contributed by atoms with E-state index in [-0.39, 0.29) is 0 Å². The van der Waals surface area contributed by atoms with E-state index in [1.54, 1.807) is 0 Å². The van der Waals surface area contributed by atoms with E-state index in [1.165, 1.54) is 19.4 Å². The number of rotatable bonds is 2. The van der Waals surface area contributed by atoms with Crippen molar-refractivity contribution >= 4 is 0 Å². The van der Waals surface area contributed by atoms with E-state index in [1.807, 2.05) is 7.11 Å². The first-order chi connectivity index (χ1) is 5.24. The van der Waals surface area contributed by atoms with Crippen molar-refractivity contribution in [1.82, 2.24) is 4.90 Å². The molecule has 0 aromatic heterocycles. The van der Waals surface area contributed by atoms with Gasteiger partial charge in [-0.25, -0.2) is 0 Å². The Labute approximate surface area is 69.5 Å². The predicted octanol–water partition coefficient (Wildman–Crippen LogP) is 1.51. The second-order valence-electron chi connectivity index (χ2n) is 3.59. The molecule has 0 aromatic rings. The quantitative estimate of drug-likeness (QED) is 0.602. The maximum absolute atomic E-state index is 5.33. The Morgan fingerprint density at radius 2 is 2.18 bits per heavy atom. The highest BCUT2D eigenvalue weighted by atomic mass is 16.5. The molecule has 2 nitrogen and oxygen atoms in total. The van der Waals surface area contributed by atoms with Gasteiger partial charge in [-0.3, -0.25) is 4.90 Å². The van der Waals surface area contributed by atoms with Crippen molar-refractivity contribution in [1.29, 1.82) is 0 Å². The van der Waals surface area contributed by atoms with Crippen LogP contribution in [0, 0.1) is 0 Å². The lowest BCUT2D eigenvalue weighted by Crippen LogP contribution is -2.42. The average Bonchev–Trinajstić information content (AvgIpc) is 2.05. The van der Waals surface area contributed by atoms with E-state index in [0.717, 1.165) is 6.54 Å². The van der Waals surface area contributed by atoms with Crippen LogP contribution < -0.4 is 0 Å². The summed E-state index contributed by atoms with van der Waals surface area (Å²) in [5.41, 5.74) is 0. The first-order valence-electron chi connectivity index (χ1n) is 4.51. The third-order valence-electron chi connectivity index (χ3n) is 2.47. The highest BCUT2D eigenvalue weighted by Gasteiger charge is 2.20. The van der Waals surface area contributed by atoms with E-state index in [4.69, 9.17) is 4.74 Å². The maximum Gasteiger partial charge on any atom is 0.0698 e. The zero-order valence-corrected chi connectivity index (χ0v) is 7.84. The van der Waals surface area contributed by atoms with Gasteiger partial charge in [0.25, 0.3) is 0 Å². The number of likely N-dealkylation sites (tertiary alicyclic amines) is 1. The Balaban J connectivity index is 2.33. The molecule has 1 rings (SSSR count). The molecule has 11 heavy (non-hydrogen) atoms. The molecular formula is C9H19NO. The topological polar surface area (TPSA) is 12.5 Å². The minimum absolute atomic E-state index is 0.478. The maximum atomic E-state index is 5.33. The summed E-state index contributed by atoms with van der Waals surface area (Å²) in [6.45, 7) is 6.86. The fourth-order valence-electron chi connectivity index (χ4n) is 1.63. The number of hydrogen-bond donors (Lipinski definition) is 0. The summed E-state index contributed by atoms with van der Waals surface area (Å²) in [6, 6.07) is 0.674. The van der Waals surface area contributed by atoms with Crippen LogP contribution in [0.1, 0.15) is 26.7 Å². The van der Waals surface area contributed by atoms with E-state index >= 15 is 0 Å². The minimum atomic E-state index is 0.478. The van der Waals surface area contributed by atoms with Crippen LogP contribution in [0.2, 0.25) is 0 Å². The van der Waals surface area contributed by atoms with Crippen molar-refractivity contribution in [3.05, 3.63) is 0 Å². The SMILES string of the molecule is COC1CCCN(C(C)C)C1. The second kappa shape index (κ2) is 4.07. The van der Waals surface area contributed by atoms with Gasteiger partial charge in [-0.15, -0.1) is 0 Å². The summed E-state index contributed by atoms with van der Waals surface area (Å²) in [6.07, 6.45) is 3.00. The molecule has 0 N–H and O–H groups in total. The van der Waals surface area contributed by atoms with Crippen LogP contribution in [-0.2, 0) is 4.74 Å². The van der Waals surface area contributed by atoms with E-state index in [2.05, 4.69) is 18.7 Å². The van der Waals surface area contributed by atoms with Crippen LogP contribution in [0.15, 0.2) is 0 Å². The number of methoxy groups -OCH3 is 1. The van der Waals surface area contributed by atoms with E-state index in [0.29, 0.717) is 12.1 Å². The smallest absolute Gasteiger partial charge is 0.0698 e. The van der Waals surface area contributed by atoms with Gasteiger partial charge < -0.3 is 4.74 Å². The van der Waals surface area contributed by atoms with Crippen LogP contribution in [0.4, 0.5) is 0 Å². The van der Waals surface area contributed by atoms with Crippen molar-refractivity contribution in [3.8, 4) is 0 Å². The van der Waals surface area contributed by atoms with E-state index < -0.39 is 0 Å². The lowest BCUT2D eigenvalue weighted by atomic mass is 10.1. The molecule has 0 amide bonds. The van der Waals surface area contributed by atoms with Crippen molar-refractivity contribution in [2.75, 3.05) is 20.2 Å². The Hall–Kier alpha value is -0.0800. The van der Waals surface area contributed by atoms with Gasteiger partial charge in [0.05, 0.1) is 6.10 Å². The molecule has 1 aliphatic rings. The fourth-order valence-corrected chi connectivity index (χ4v) is 1.63. The summed E-state index contributed by atoms with van der Waals surface area (Å²) in [5.74, 6) is 0. The molecular weight excluding hydrogens is 138 g/mol. The molecule has 0 aromatic carbocycles. The fraction of sp³-hybridized carbons (Fsp3) is 1.00. The highest BCUT2D eigenvalue weighted by Crippen LogP contribution is 2.14. The third-order valence-corrected chi connectivity index (χ3v) is 2.47.